The van der Waals surface area contributed by atoms with Crippen LogP contribution in [-0.4, -0.2) is 27.0 Å². The lowest BCUT2D eigenvalue weighted by Crippen LogP contribution is -2.10. The number of anilines is 1. The number of hydrogen-bond acceptors (Lipinski definition) is 5. The summed E-state index contributed by atoms with van der Waals surface area (Å²) in [7, 11) is 0. The Morgan fingerprint density at radius 2 is 1.90 bits per heavy atom. The molecule has 2 heterocycles. The minimum atomic E-state index is 0.103. The minimum Gasteiger partial charge on any atom is -0.384 e. The average molecular weight is 385 g/mol. The van der Waals surface area contributed by atoms with Crippen LogP contribution in [0.5, 0.6) is 0 Å². The quantitative estimate of drug-likeness (QED) is 0.520. The number of aryl methyl sites for hydroxylation is 1. The van der Waals surface area contributed by atoms with Gasteiger partial charge in [0.1, 0.15) is 11.3 Å². The first-order chi connectivity index (χ1) is 14.3. The summed E-state index contributed by atoms with van der Waals surface area (Å²) in [5.41, 5.74) is 12.3. The zero-order valence-electron chi connectivity index (χ0n) is 16.1. The van der Waals surface area contributed by atoms with E-state index in [1.807, 2.05) is 12.1 Å². The molecule has 146 valence electrons. The molecule has 2 unspecified atom stereocenters. The highest BCUT2D eigenvalue weighted by atomic mass is 16.5. The number of aromatic amines is 1. The fourth-order valence-corrected chi connectivity index (χ4v) is 4.35. The van der Waals surface area contributed by atoms with Gasteiger partial charge in [0.05, 0.1) is 6.10 Å². The third-order valence-electron chi connectivity index (χ3n) is 5.72. The summed E-state index contributed by atoms with van der Waals surface area (Å²) in [6.45, 7) is 0.653. The lowest BCUT2D eigenvalue weighted by molar-refractivity contribution is 0.0506. The summed E-state index contributed by atoms with van der Waals surface area (Å²) in [5, 5.41) is 11.1. The Labute approximate surface area is 169 Å². The van der Waals surface area contributed by atoms with Gasteiger partial charge in [0, 0.05) is 12.5 Å². The zero-order valence-corrected chi connectivity index (χ0v) is 16.1. The number of nitrogens with one attached hydrogen (secondary N) is 1. The Kier molecular flexibility index (Phi) is 4.69. The largest absolute Gasteiger partial charge is 0.384 e. The third-order valence-corrected chi connectivity index (χ3v) is 5.72. The van der Waals surface area contributed by atoms with Crippen LogP contribution in [0.4, 0.5) is 5.82 Å². The van der Waals surface area contributed by atoms with Crippen molar-refractivity contribution in [3.8, 4) is 0 Å². The van der Waals surface area contributed by atoms with Gasteiger partial charge in [0.2, 0.25) is 5.65 Å². The number of nitrogen functional groups attached to an aromatic ring is 1. The molecular weight excluding hydrogens is 362 g/mol. The molecule has 0 radical (unpaired) electrons. The van der Waals surface area contributed by atoms with Crippen LogP contribution < -0.4 is 5.73 Å². The normalized spacial score (nSPS) is 16.8. The Balaban J connectivity index is 1.41. The van der Waals surface area contributed by atoms with Gasteiger partial charge in [0.15, 0.2) is 0 Å². The standard InChI is InChI=1S/C23H23N5O/c24-21-14-19(22-23(25-21)27-28-26-22)17(15-6-2-1-3-7-15)12-13-29-20-11-10-16-8-4-5-9-18(16)20/h1-9,14,17,20H,10-13H2,(H3,24,25,26,27,28). The molecule has 2 aromatic heterocycles. The molecule has 5 rings (SSSR count). The van der Waals surface area contributed by atoms with Crippen molar-refractivity contribution >= 4 is 17.0 Å². The van der Waals surface area contributed by atoms with Crippen molar-refractivity contribution in [2.75, 3.05) is 12.3 Å². The molecule has 0 amide bonds. The molecule has 4 aromatic rings. The lowest BCUT2D eigenvalue weighted by Gasteiger charge is -2.20. The molecule has 2 aromatic carbocycles. The second-order valence-corrected chi connectivity index (χ2v) is 7.48. The van der Waals surface area contributed by atoms with Gasteiger partial charge in [-0.25, -0.2) is 4.98 Å². The highest BCUT2D eigenvalue weighted by Crippen LogP contribution is 2.36. The van der Waals surface area contributed by atoms with Crippen molar-refractivity contribution in [2.24, 2.45) is 0 Å². The monoisotopic (exact) mass is 385 g/mol. The van der Waals surface area contributed by atoms with E-state index >= 15 is 0 Å². The first-order valence-electron chi connectivity index (χ1n) is 10.0. The van der Waals surface area contributed by atoms with Crippen molar-refractivity contribution < 1.29 is 4.74 Å². The summed E-state index contributed by atoms with van der Waals surface area (Å²) < 4.78 is 6.34. The number of H-pyrrole nitrogens is 1. The maximum atomic E-state index is 6.34. The van der Waals surface area contributed by atoms with Gasteiger partial charge >= 0.3 is 0 Å². The van der Waals surface area contributed by atoms with Gasteiger partial charge in [-0.15, -0.1) is 5.10 Å². The van der Waals surface area contributed by atoms with Crippen molar-refractivity contribution in [1.82, 2.24) is 20.4 Å². The van der Waals surface area contributed by atoms with E-state index in [9.17, 15) is 0 Å². The Bertz CT molecular complexity index is 1120. The number of benzene rings is 2. The first kappa shape index (κ1) is 17.8. The van der Waals surface area contributed by atoms with E-state index < -0.39 is 0 Å². The molecule has 6 heteroatoms. The summed E-state index contributed by atoms with van der Waals surface area (Å²) in [6.07, 6.45) is 3.14. The second kappa shape index (κ2) is 7.64. The molecule has 2 atom stereocenters. The summed E-state index contributed by atoms with van der Waals surface area (Å²) >= 11 is 0. The molecule has 3 N–H and O–H groups in total. The van der Waals surface area contributed by atoms with E-state index in [0.717, 1.165) is 30.3 Å². The molecule has 0 saturated heterocycles. The number of aromatic nitrogens is 4. The number of nitrogens with zero attached hydrogens (tertiary/aromatic N) is 3. The number of ether oxygens (including phenoxy) is 1. The highest BCUT2D eigenvalue weighted by Gasteiger charge is 2.24. The maximum Gasteiger partial charge on any atom is 0.203 e. The Morgan fingerprint density at radius 3 is 2.79 bits per heavy atom. The topological polar surface area (TPSA) is 89.7 Å². The minimum absolute atomic E-state index is 0.103. The van der Waals surface area contributed by atoms with Crippen LogP contribution in [0, 0.1) is 0 Å². The van der Waals surface area contributed by atoms with E-state index in [1.165, 1.54) is 16.7 Å². The maximum absolute atomic E-state index is 6.34. The predicted octanol–water partition coefficient (Wildman–Crippen LogP) is 4.16. The molecule has 0 saturated carbocycles. The van der Waals surface area contributed by atoms with Crippen LogP contribution in [-0.2, 0) is 11.2 Å². The molecule has 6 nitrogen and oxygen atoms in total. The molecule has 1 aliphatic rings. The van der Waals surface area contributed by atoms with E-state index in [1.54, 1.807) is 0 Å². The fraction of sp³-hybridized carbons (Fsp3) is 0.261. The summed E-state index contributed by atoms with van der Waals surface area (Å²) in [5.74, 6) is 0.554. The van der Waals surface area contributed by atoms with Gasteiger partial charge in [-0.05, 0) is 47.6 Å². The molecule has 0 bridgehead atoms. The molecule has 1 aliphatic carbocycles. The van der Waals surface area contributed by atoms with Crippen LogP contribution in [0.25, 0.3) is 11.2 Å². The molecule has 0 spiro atoms. The van der Waals surface area contributed by atoms with Crippen LogP contribution in [0.1, 0.15) is 47.1 Å². The van der Waals surface area contributed by atoms with Gasteiger partial charge in [-0.2, -0.15) is 10.3 Å². The second-order valence-electron chi connectivity index (χ2n) is 7.48. The van der Waals surface area contributed by atoms with Crippen LogP contribution >= 0.6 is 0 Å². The number of pyridine rings is 1. The van der Waals surface area contributed by atoms with Crippen LogP contribution in [0.15, 0.2) is 60.7 Å². The predicted molar refractivity (Wildman–Crippen MR) is 112 cm³/mol. The van der Waals surface area contributed by atoms with Gasteiger partial charge < -0.3 is 10.5 Å². The fourth-order valence-electron chi connectivity index (χ4n) is 4.35. The van der Waals surface area contributed by atoms with Crippen molar-refractivity contribution in [1.29, 1.82) is 0 Å². The highest BCUT2D eigenvalue weighted by molar-refractivity contribution is 5.77. The molecule has 29 heavy (non-hydrogen) atoms. The SMILES string of the molecule is Nc1cc(C(CCOC2CCc3ccccc32)c2ccccc2)c2n[nH]nc2n1. The number of hydrogen-bond donors (Lipinski definition) is 2. The smallest absolute Gasteiger partial charge is 0.203 e. The Hall–Kier alpha value is -3.25. The molecule has 0 fully saturated rings. The van der Waals surface area contributed by atoms with Crippen LogP contribution in [0.3, 0.4) is 0 Å². The lowest BCUT2D eigenvalue weighted by atomic mass is 9.88. The average Bonchev–Trinajstić information content (AvgIpc) is 3.38. The van der Waals surface area contributed by atoms with Gasteiger partial charge in [-0.1, -0.05) is 54.6 Å². The number of rotatable bonds is 6. The number of fused-ring (bicyclic) bond motifs is 2. The van der Waals surface area contributed by atoms with Gasteiger partial charge in [-0.3, -0.25) is 0 Å². The molecular formula is C23H23N5O. The summed E-state index contributed by atoms with van der Waals surface area (Å²) in [4.78, 5) is 4.28. The Morgan fingerprint density at radius 1 is 1.07 bits per heavy atom. The number of nitrogens with two attached hydrogens (primary N) is 1. The van der Waals surface area contributed by atoms with E-state index in [4.69, 9.17) is 10.5 Å². The van der Waals surface area contributed by atoms with Crippen molar-refractivity contribution in [3.63, 3.8) is 0 Å². The van der Waals surface area contributed by atoms with Crippen molar-refractivity contribution in [2.45, 2.75) is 31.3 Å². The first-order valence-corrected chi connectivity index (χ1v) is 10.0. The van der Waals surface area contributed by atoms with Crippen LogP contribution in [0.2, 0.25) is 0 Å². The molecule has 0 aliphatic heterocycles. The van der Waals surface area contributed by atoms with E-state index in [2.05, 4.69) is 68.9 Å². The third kappa shape index (κ3) is 3.47. The van der Waals surface area contributed by atoms with E-state index in [0.29, 0.717) is 18.1 Å². The van der Waals surface area contributed by atoms with Gasteiger partial charge in [0.25, 0.3) is 0 Å². The van der Waals surface area contributed by atoms with Crippen molar-refractivity contribution in [3.05, 3.63) is 82.9 Å². The summed E-state index contributed by atoms with van der Waals surface area (Å²) in [6, 6.07) is 20.9. The zero-order chi connectivity index (χ0) is 19.6. The van der Waals surface area contributed by atoms with E-state index in [-0.39, 0.29) is 12.0 Å².